The van der Waals surface area contributed by atoms with Gasteiger partial charge in [-0.15, -0.1) is 0 Å². The van der Waals surface area contributed by atoms with E-state index in [2.05, 4.69) is 20.0 Å². The first-order valence-corrected chi connectivity index (χ1v) is 4.12. The molecule has 82 valence electrons. The van der Waals surface area contributed by atoms with Gasteiger partial charge in [0.1, 0.15) is 0 Å². The summed E-state index contributed by atoms with van der Waals surface area (Å²) in [5.74, 6) is -0.101. The van der Waals surface area contributed by atoms with Crippen LogP contribution in [0.2, 0.25) is 0 Å². The molecule has 2 aromatic rings. The number of aromatic amines is 1. The molecular formula is C8H4F3N5. The van der Waals surface area contributed by atoms with Crippen molar-refractivity contribution in [2.75, 3.05) is 0 Å². The lowest BCUT2D eigenvalue weighted by molar-refractivity contribution is -0.136. The van der Waals surface area contributed by atoms with Crippen LogP contribution in [0.3, 0.4) is 0 Å². The maximum Gasteiger partial charge on any atom is 0.418 e. The Balaban J connectivity index is 2.78. The normalized spacial score (nSPS) is 11.4. The number of hydrogen-bond acceptors (Lipinski definition) is 2. The van der Waals surface area contributed by atoms with E-state index in [0.717, 1.165) is 0 Å². The third-order valence-corrected chi connectivity index (χ3v) is 2.02. The van der Waals surface area contributed by atoms with Crippen LogP contribution in [0.5, 0.6) is 0 Å². The third-order valence-electron chi connectivity index (χ3n) is 2.02. The second-order valence-corrected chi connectivity index (χ2v) is 2.95. The SMILES string of the molecule is [N-]=[N+]=Nc1ncc(C(F)(F)F)c2cc[nH]c12. The van der Waals surface area contributed by atoms with Gasteiger partial charge in [-0.2, -0.15) is 13.2 Å². The molecule has 0 atom stereocenters. The van der Waals surface area contributed by atoms with Crippen molar-refractivity contribution in [2.24, 2.45) is 5.11 Å². The predicted octanol–water partition coefficient (Wildman–Crippen LogP) is 3.52. The first kappa shape index (κ1) is 10.3. The summed E-state index contributed by atoms with van der Waals surface area (Å²) in [6.45, 7) is 0. The third kappa shape index (κ3) is 1.55. The fourth-order valence-corrected chi connectivity index (χ4v) is 1.38. The molecule has 0 aromatic carbocycles. The second-order valence-electron chi connectivity index (χ2n) is 2.95. The van der Waals surface area contributed by atoms with Crippen LogP contribution in [0.1, 0.15) is 5.56 Å². The molecule has 0 bridgehead atoms. The fourth-order valence-electron chi connectivity index (χ4n) is 1.38. The van der Waals surface area contributed by atoms with E-state index < -0.39 is 11.7 Å². The highest BCUT2D eigenvalue weighted by Crippen LogP contribution is 2.36. The highest BCUT2D eigenvalue weighted by atomic mass is 19.4. The molecule has 0 saturated carbocycles. The summed E-state index contributed by atoms with van der Waals surface area (Å²) in [5, 5.41) is 3.14. The van der Waals surface area contributed by atoms with Crippen LogP contribution in [0.4, 0.5) is 19.0 Å². The molecule has 2 heterocycles. The highest BCUT2D eigenvalue weighted by molar-refractivity contribution is 5.90. The number of nitrogens with one attached hydrogen (secondary N) is 1. The lowest BCUT2D eigenvalue weighted by Crippen LogP contribution is -2.05. The van der Waals surface area contributed by atoms with Crippen molar-refractivity contribution in [1.29, 1.82) is 0 Å². The number of nitrogens with zero attached hydrogens (tertiary/aromatic N) is 4. The van der Waals surface area contributed by atoms with Gasteiger partial charge in [-0.3, -0.25) is 4.98 Å². The monoisotopic (exact) mass is 227 g/mol. The minimum atomic E-state index is -4.48. The van der Waals surface area contributed by atoms with Crippen LogP contribution in [0, 0.1) is 0 Å². The molecule has 16 heavy (non-hydrogen) atoms. The Kier molecular flexibility index (Phi) is 2.21. The zero-order valence-corrected chi connectivity index (χ0v) is 7.65. The molecular weight excluding hydrogens is 223 g/mol. The maximum atomic E-state index is 12.6. The number of hydrogen-bond donors (Lipinski definition) is 1. The maximum absolute atomic E-state index is 12.6. The van der Waals surface area contributed by atoms with Crippen LogP contribution < -0.4 is 0 Å². The number of aromatic nitrogens is 2. The zero-order valence-electron chi connectivity index (χ0n) is 7.65. The summed E-state index contributed by atoms with van der Waals surface area (Å²) >= 11 is 0. The lowest BCUT2D eigenvalue weighted by Gasteiger charge is -2.07. The van der Waals surface area contributed by atoms with Gasteiger partial charge in [0, 0.05) is 22.7 Å². The summed E-state index contributed by atoms with van der Waals surface area (Å²) < 4.78 is 37.7. The summed E-state index contributed by atoms with van der Waals surface area (Å²) in [6, 6.07) is 1.26. The molecule has 0 fully saturated rings. The molecule has 5 nitrogen and oxygen atoms in total. The molecule has 8 heteroatoms. The van der Waals surface area contributed by atoms with E-state index >= 15 is 0 Å². The minimum Gasteiger partial charge on any atom is -0.360 e. The molecule has 0 saturated heterocycles. The van der Waals surface area contributed by atoms with Gasteiger partial charge in [0.05, 0.1) is 11.1 Å². The lowest BCUT2D eigenvalue weighted by atomic mass is 10.2. The van der Waals surface area contributed by atoms with Crippen LogP contribution >= 0.6 is 0 Å². The molecule has 1 N–H and O–H groups in total. The number of alkyl halides is 3. The quantitative estimate of drug-likeness (QED) is 0.451. The van der Waals surface area contributed by atoms with E-state index in [-0.39, 0.29) is 16.7 Å². The summed E-state index contributed by atoms with van der Waals surface area (Å²) in [7, 11) is 0. The fraction of sp³-hybridized carbons (Fsp3) is 0.125. The zero-order chi connectivity index (χ0) is 11.8. The van der Waals surface area contributed by atoms with Gasteiger partial charge < -0.3 is 4.98 Å². The molecule has 0 amide bonds. The van der Waals surface area contributed by atoms with Gasteiger partial charge in [-0.05, 0) is 16.7 Å². The number of rotatable bonds is 1. The predicted molar refractivity (Wildman–Crippen MR) is 49.9 cm³/mol. The van der Waals surface area contributed by atoms with Gasteiger partial charge >= 0.3 is 6.18 Å². The van der Waals surface area contributed by atoms with E-state index in [0.29, 0.717) is 6.20 Å². The van der Waals surface area contributed by atoms with E-state index in [9.17, 15) is 13.2 Å². The van der Waals surface area contributed by atoms with E-state index in [4.69, 9.17) is 5.53 Å². The van der Waals surface area contributed by atoms with Gasteiger partial charge in [0.15, 0.2) is 5.82 Å². The number of fused-ring (bicyclic) bond motifs is 1. The molecule has 2 rings (SSSR count). The largest absolute Gasteiger partial charge is 0.418 e. The van der Waals surface area contributed by atoms with Crippen LogP contribution in [-0.2, 0) is 6.18 Å². The van der Waals surface area contributed by atoms with Crippen molar-refractivity contribution in [1.82, 2.24) is 9.97 Å². The standard InChI is InChI=1S/C8H4F3N5/c9-8(10,11)5-3-14-7(15-16-12)6-4(5)1-2-13-6/h1-3,13H. The van der Waals surface area contributed by atoms with Crippen molar-refractivity contribution in [3.63, 3.8) is 0 Å². The number of azide groups is 1. The molecule has 0 radical (unpaired) electrons. The average molecular weight is 227 g/mol. The molecule has 0 aliphatic heterocycles. The van der Waals surface area contributed by atoms with Crippen LogP contribution in [0.25, 0.3) is 21.3 Å². The van der Waals surface area contributed by atoms with Gasteiger partial charge in [-0.25, -0.2) is 0 Å². The minimum absolute atomic E-state index is 0.0649. The Hall–Kier alpha value is -2.21. The number of pyridine rings is 1. The molecule has 0 spiro atoms. The van der Waals surface area contributed by atoms with Crippen molar-refractivity contribution < 1.29 is 13.2 Å². The van der Waals surface area contributed by atoms with Crippen LogP contribution in [0.15, 0.2) is 23.6 Å². The number of H-pyrrole nitrogens is 1. The average Bonchev–Trinajstić information content (AvgIpc) is 2.65. The van der Waals surface area contributed by atoms with Crippen molar-refractivity contribution in [3.8, 4) is 0 Å². The Bertz CT molecular complexity index is 579. The Morgan fingerprint density at radius 3 is 2.81 bits per heavy atom. The second kappa shape index (κ2) is 3.42. The highest BCUT2D eigenvalue weighted by Gasteiger charge is 2.33. The van der Waals surface area contributed by atoms with Gasteiger partial charge in [0.2, 0.25) is 0 Å². The summed E-state index contributed by atoms with van der Waals surface area (Å²) in [6.07, 6.45) is -2.50. The Labute approximate surface area is 86.5 Å². The topological polar surface area (TPSA) is 77.4 Å². The van der Waals surface area contributed by atoms with Crippen molar-refractivity contribution in [3.05, 3.63) is 34.5 Å². The summed E-state index contributed by atoms with van der Waals surface area (Å²) in [5.41, 5.74) is 7.44. The smallest absolute Gasteiger partial charge is 0.360 e. The molecule has 0 unspecified atom stereocenters. The Morgan fingerprint density at radius 1 is 1.44 bits per heavy atom. The van der Waals surface area contributed by atoms with E-state index in [1.807, 2.05) is 0 Å². The molecule has 0 aliphatic rings. The Morgan fingerprint density at radius 2 is 2.19 bits per heavy atom. The van der Waals surface area contributed by atoms with Gasteiger partial charge in [0.25, 0.3) is 0 Å². The van der Waals surface area contributed by atoms with Crippen LogP contribution in [-0.4, -0.2) is 9.97 Å². The first-order chi connectivity index (χ1) is 7.54. The van der Waals surface area contributed by atoms with E-state index in [1.54, 1.807) is 0 Å². The van der Waals surface area contributed by atoms with E-state index in [1.165, 1.54) is 12.3 Å². The first-order valence-electron chi connectivity index (χ1n) is 4.12. The van der Waals surface area contributed by atoms with Gasteiger partial charge in [-0.1, -0.05) is 0 Å². The number of halogens is 3. The van der Waals surface area contributed by atoms with Crippen molar-refractivity contribution >= 4 is 16.7 Å². The molecule has 0 aliphatic carbocycles. The van der Waals surface area contributed by atoms with Crippen molar-refractivity contribution in [2.45, 2.75) is 6.18 Å². The summed E-state index contributed by atoms with van der Waals surface area (Å²) in [4.78, 5) is 8.51. The molecule has 2 aromatic heterocycles.